The Balaban J connectivity index is 1.18. The molecule has 1 heterocycles. The number of carbonyl (C=O) groups is 2. The molecule has 1 aliphatic heterocycles. The van der Waals surface area contributed by atoms with E-state index in [1.54, 1.807) is 4.90 Å². The van der Waals surface area contributed by atoms with Crippen LogP contribution in [0.15, 0.2) is 99.9 Å². The maximum atomic E-state index is 13.7. The van der Waals surface area contributed by atoms with Gasteiger partial charge in [-0.1, -0.05) is 106 Å². The topological polar surface area (TPSA) is 37.4 Å². The van der Waals surface area contributed by atoms with E-state index in [0.717, 1.165) is 62.1 Å². The Morgan fingerprint density at radius 3 is 1.84 bits per heavy atom. The second-order valence-corrected chi connectivity index (χ2v) is 13.6. The van der Waals surface area contributed by atoms with Crippen LogP contribution in [0.3, 0.4) is 0 Å². The van der Waals surface area contributed by atoms with Crippen molar-refractivity contribution in [1.82, 2.24) is 4.90 Å². The van der Waals surface area contributed by atoms with Crippen LogP contribution < -0.4 is 0 Å². The lowest BCUT2D eigenvalue weighted by atomic mass is 9.86. The molecule has 2 aliphatic carbocycles. The molecule has 0 bridgehead atoms. The number of amides is 2. The normalized spacial score (nSPS) is 16.0. The van der Waals surface area contributed by atoms with Crippen LogP contribution in [0.1, 0.15) is 69.5 Å². The Hall–Kier alpha value is -3.80. The summed E-state index contributed by atoms with van der Waals surface area (Å²) in [5.74, 6) is -0.297. The molecule has 0 spiro atoms. The number of benzene rings is 5. The van der Waals surface area contributed by atoms with E-state index < -0.39 is 0 Å². The third-order valence-electron chi connectivity index (χ3n) is 9.25. The van der Waals surface area contributed by atoms with E-state index in [9.17, 15) is 9.59 Å². The Labute approximate surface area is 267 Å². The summed E-state index contributed by atoms with van der Waals surface area (Å²) in [6.07, 6.45) is 7.36. The summed E-state index contributed by atoms with van der Waals surface area (Å²) >= 11 is 7.32. The molecule has 5 heteroatoms. The van der Waals surface area contributed by atoms with Gasteiger partial charge in [0.2, 0.25) is 0 Å². The molecule has 2 amide bonds. The molecule has 0 radical (unpaired) electrons. The number of fused-ring (bicyclic) bond motifs is 3. The SMILES string of the molecule is O=C1c2cccc3c(-c4ccc(C=C5c6cc(Br)ccc6-c6ccc(Br)cc65)cc4)ccc(c23)C(=O)N1C1CCCCC1. The monoisotopic (exact) mass is 687 g/mol. The summed E-state index contributed by atoms with van der Waals surface area (Å²) in [4.78, 5) is 28.9. The fourth-order valence-corrected chi connectivity index (χ4v) is 7.93. The Bertz CT molecular complexity index is 1940. The van der Waals surface area contributed by atoms with Crippen LogP contribution >= 0.6 is 31.9 Å². The fraction of sp³-hybridized carbons (Fsp3) is 0.158. The third kappa shape index (κ3) is 4.36. The van der Waals surface area contributed by atoms with E-state index in [4.69, 9.17) is 0 Å². The smallest absolute Gasteiger partial charge is 0.261 e. The maximum Gasteiger partial charge on any atom is 0.261 e. The first-order valence-corrected chi connectivity index (χ1v) is 16.4. The first-order chi connectivity index (χ1) is 21.0. The van der Waals surface area contributed by atoms with E-state index in [2.05, 4.69) is 98.6 Å². The lowest BCUT2D eigenvalue weighted by molar-refractivity contribution is 0.0503. The van der Waals surface area contributed by atoms with Gasteiger partial charge in [0.05, 0.1) is 0 Å². The molecule has 0 aromatic heterocycles. The number of rotatable bonds is 3. The van der Waals surface area contributed by atoms with Crippen molar-refractivity contribution in [3.63, 3.8) is 0 Å². The molecule has 1 fully saturated rings. The molecule has 0 atom stereocenters. The molecule has 0 unspecified atom stereocenters. The molecule has 5 aromatic carbocycles. The van der Waals surface area contributed by atoms with Gasteiger partial charge < -0.3 is 0 Å². The molecule has 8 rings (SSSR count). The summed E-state index contributed by atoms with van der Waals surface area (Å²) < 4.78 is 2.11. The van der Waals surface area contributed by atoms with Crippen molar-refractivity contribution in [2.24, 2.45) is 0 Å². The number of hydrogen-bond donors (Lipinski definition) is 0. The number of imide groups is 1. The average molecular weight is 689 g/mol. The highest BCUT2D eigenvalue weighted by Crippen LogP contribution is 2.47. The van der Waals surface area contributed by atoms with Gasteiger partial charge in [0.15, 0.2) is 0 Å². The number of carbonyl (C=O) groups excluding carboxylic acids is 2. The molecule has 210 valence electrons. The van der Waals surface area contributed by atoms with Crippen molar-refractivity contribution >= 4 is 66.1 Å². The highest BCUT2D eigenvalue weighted by Gasteiger charge is 2.38. The number of hydrogen-bond acceptors (Lipinski definition) is 2. The molecule has 5 aromatic rings. The first-order valence-electron chi connectivity index (χ1n) is 14.8. The molecule has 3 nitrogen and oxygen atoms in total. The zero-order valence-electron chi connectivity index (χ0n) is 23.4. The summed E-state index contributed by atoms with van der Waals surface area (Å²) in [7, 11) is 0. The molecule has 43 heavy (non-hydrogen) atoms. The molecule has 0 saturated heterocycles. The lowest BCUT2D eigenvalue weighted by Crippen LogP contribution is -2.47. The maximum absolute atomic E-state index is 13.7. The number of halogens is 2. The minimum atomic E-state index is -0.149. The summed E-state index contributed by atoms with van der Waals surface area (Å²) in [5.41, 5.74) is 10.6. The summed E-state index contributed by atoms with van der Waals surface area (Å²) in [5, 5.41) is 1.73. The summed E-state index contributed by atoms with van der Waals surface area (Å²) in [6.45, 7) is 0. The van der Waals surface area contributed by atoms with E-state index in [1.165, 1.54) is 34.2 Å². The van der Waals surface area contributed by atoms with Crippen LogP contribution in [-0.4, -0.2) is 22.8 Å². The minimum Gasteiger partial charge on any atom is -0.271 e. The second-order valence-electron chi connectivity index (χ2n) is 11.7. The first kappa shape index (κ1) is 26.8. The van der Waals surface area contributed by atoms with E-state index in [1.807, 2.05) is 30.3 Å². The molecule has 3 aliphatic rings. The highest BCUT2D eigenvalue weighted by molar-refractivity contribution is 9.10. The number of nitrogens with zero attached hydrogens (tertiary/aromatic N) is 1. The van der Waals surface area contributed by atoms with Gasteiger partial charge in [-0.05, 0) is 105 Å². The second kappa shape index (κ2) is 10.4. The van der Waals surface area contributed by atoms with Gasteiger partial charge >= 0.3 is 0 Å². The van der Waals surface area contributed by atoms with Crippen LogP contribution in [0.4, 0.5) is 0 Å². The van der Waals surface area contributed by atoms with Crippen molar-refractivity contribution in [3.8, 4) is 22.3 Å². The Morgan fingerprint density at radius 1 is 0.605 bits per heavy atom. The van der Waals surface area contributed by atoms with Gasteiger partial charge in [-0.25, -0.2) is 0 Å². The van der Waals surface area contributed by atoms with Crippen molar-refractivity contribution in [2.45, 2.75) is 38.1 Å². The van der Waals surface area contributed by atoms with E-state index >= 15 is 0 Å². The predicted octanol–water partition coefficient (Wildman–Crippen LogP) is 10.5. The van der Waals surface area contributed by atoms with Gasteiger partial charge in [0, 0.05) is 31.5 Å². The van der Waals surface area contributed by atoms with Gasteiger partial charge in [-0.15, -0.1) is 0 Å². The van der Waals surface area contributed by atoms with Gasteiger partial charge in [-0.3, -0.25) is 14.5 Å². The van der Waals surface area contributed by atoms with Crippen LogP contribution in [-0.2, 0) is 0 Å². The molecular formula is C38H27Br2NO2. The lowest BCUT2D eigenvalue weighted by Gasteiger charge is -2.36. The Morgan fingerprint density at radius 2 is 1.19 bits per heavy atom. The van der Waals surface area contributed by atoms with Gasteiger partial charge in [0.25, 0.3) is 11.8 Å². The van der Waals surface area contributed by atoms with Crippen LogP contribution in [0, 0.1) is 0 Å². The van der Waals surface area contributed by atoms with E-state index in [-0.39, 0.29) is 17.9 Å². The van der Waals surface area contributed by atoms with Crippen LogP contribution in [0.2, 0.25) is 0 Å². The molecular weight excluding hydrogens is 662 g/mol. The summed E-state index contributed by atoms with van der Waals surface area (Å²) in [6, 6.07) is 31.3. The van der Waals surface area contributed by atoms with Crippen molar-refractivity contribution < 1.29 is 9.59 Å². The van der Waals surface area contributed by atoms with Crippen molar-refractivity contribution in [3.05, 3.63) is 128 Å². The third-order valence-corrected chi connectivity index (χ3v) is 10.2. The highest BCUT2D eigenvalue weighted by atomic mass is 79.9. The average Bonchev–Trinajstić information content (AvgIpc) is 3.32. The molecule has 1 saturated carbocycles. The zero-order valence-corrected chi connectivity index (χ0v) is 26.5. The standard InChI is InChI=1S/C38H27Br2NO2/c39-24-13-15-28-29-16-14-25(40)21-35(29)33(34(28)20-24)19-22-9-11-23(12-10-22)27-17-18-32-36-30(27)7-4-8-31(36)37(42)41(38(32)43)26-5-2-1-3-6-26/h4,7-21,26H,1-3,5-6H2. The van der Waals surface area contributed by atoms with Crippen molar-refractivity contribution in [2.75, 3.05) is 0 Å². The predicted molar refractivity (Wildman–Crippen MR) is 181 cm³/mol. The quantitative estimate of drug-likeness (QED) is 0.174. The minimum absolute atomic E-state index is 0.000445. The zero-order chi connectivity index (χ0) is 29.2. The fourth-order valence-electron chi connectivity index (χ4n) is 7.21. The Kier molecular flexibility index (Phi) is 6.50. The van der Waals surface area contributed by atoms with Gasteiger partial charge in [0.1, 0.15) is 0 Å². The van der Waals surface area contributed by atoms with Crippen LogP contribution in [0.5, 0.6) is 0 Å². The van der Waals surface area contributed by atoms with Crippen LogP contribution in [0.25, 0.3) is 44.7 Å². The molecule has 0 N–H and O–H groups in total. The van der Waals surface area contributed by atoms with Gasteiger partial charge in [-0.2, -0.15) is 0 Å². The van der Waals surface area contributed by atoms with E-state index in [0.29, 0.717) is 11.1 Å². The largest absolute Gasteiger partial charge is 0.271 e. The van der Waals surface area contributed by atoms with Crippen molar-refractivity contribution in [1.29, 1.82) is 0 Å².